The highest BCUT2D eigenvalue weighted by Crippen LogP contribution is 2.45. The first-order valence-corrected chi connectivity index (χ1v) is 7.58. The van der Waals surface area contributed by atoms with Crippen LogP contribution in [0.1, 0.15) is 57.3 Å². The second-order valence-electron chi connectivity index (χ2n) is 7.58. The maximum absolute atomic E-state index is 13.2. The molecule has 1 amide bonds. The molecule has 1 N–H and O–H groups in total. The predicted octanol–water partition coefficient (Wildman–Crippen LogP) is 4.21. The van der Waals surface area contributed by atoms with E-state index in [4.69, 9.17) is 11.6 Å². The number of nitrogens with one attached hydrogen (secondary N) is 1. The van der Waals surface area contributed by atoms with Crippen LogP contribution < -0.4 is 5.32 Å². The Balaban J connectivity index is 2.14. The van der Waals surface area contributed by atoms with Gasteiger partial charge < -0.3 is 5.32 Å². The summed E-state index contributed by atoms with van der Waals surface area (Å²) in [4.78, 5) is 16.0. The molecule has 116 valence electrons. The van der Waals surface area contributed by atoms with Crippen LogP contribution in [0.15, 0.2) is 12.3 Å². The van der Waals surface area contributed by atoms with Gasteiger partial charge in [0.15, 0.2) is 0 Å². The number of pyridine rings is 1. The van der Waals surface area contributed by atoms with Gasteiger partial charge >= 0.3 is 0 Å². The average Bonchev–Trinajstić information content (AvgIpc) is 2.27. The van der Waals surface area contributed by atoms with Crippen molar-refractivity contribution in [3.05, 3.63) is 28.8 Å². The molecule has 0 aromatic carbocycles. The van der Waals surface area contributed by atoms with Gasteiger partial charge in [-0.15, -0.1) is 0 Å². The number of hydrogen-bond donors (Lipinski definition) is 1. The van der Waals surface area contributed by atoms with Gasteiger partial charge in [0.1, 0.15) is 11.0 Å². The quantitative estimate of drug-likeness (QED) is 0.831. The zero-order valence-corrected chi connectivity index (χ0v) is 13.7. The average molecular weight is 313 g/mol. The molecule has 0 bridgehead atoms. The van der Waals surface area contributed by atoms with E-state index < -0.39 is 5.82 Å². The number of halogens is 2. The second-order valence-corrected chi connectivity index (χ2v) is 7.93. The van der Waals surface area contributed by atoms with Gasteiger partial charge in [0.25, 0.3) is 5.91 Å². The van der Waals surface area contributed by atoms with Gasteiger partial charge in [-0.05, 0) is 36.2 Å². The van der Waals surface area contributed by atoms with Crippen molar-refractivity contribution in [2.75, 3.05) is 0 Å². The Morgan fingerprint density at radius 2 is 1.90 bits per heavy atom. The summed E-state index contributed by atoms with van der Waals surface area (Å²) >= 11 is 5.88. The number of nitrogens with zero attached hydrogens (tertiary/aromatic N) is 1. The van der Waals surface area contributed by atoms with Crippen molar-refractivity contribution >= 4 is 17.5 Å². The van der Waals surface area contributed by atoms with Crippen LogP contribution in [0.25, 0.3) is 0 Å². The molecule has 21 heavy (non-hydrogen) atoms. The standard InChI is InChI=1S/C16H22ClFN2O/c1-15(2)6-11(7-16(3,4)9-15)20-14(21)12-5-10(18)8-19-13(12)17/h5,8,11H,6-7,9H2,1-4H3,(H,20,21). The molecule has 0 atom stereocenters. The molecule has 0 saturated heterocycles. The fourth-order valence-corrected chi connectivity index (χ4v) is 3.98. The van der Waals surface area contributed by atoms with Gasteiger partial charge in [0.2, 0.25) is 0 Å². The van der Waals surface area contributed by atoms with Crippen LogP contribution in [0.2, 0.25) is 5.15 Å². The lowest BCUT2D eigenvalue weighted by molar-refractivity contribution is 0.0713. The Hall–Kier alpha value is -1.16. The van der Waals surface area contributed by atoms with E-state index in [1.165, 1.54) is 0 Å². The Morgan fingerprint density at radius 1 is 1.33 bits per heavy atom. The minimum absolute atomic E-state index is 0.0308. The summed E-state index contributed by atoms with van der Waals surface area (Å²) in [6, 6.07) is 1.19. The Labute approximate surface area is 130 Å². The Bertz CT molecular complexity index is 541. The summed E-state index contributed by atoms with van der Waals surface area (Å²) in [6.45, 7) is 8.85. The zero-order valence-electron chi connectivity index (χ0n) is 13.0. The van der Waals surface area contributed by atoms with E-state index in [1.807, 2.05) is 0 Å². The van der Waals surface area contributed by atoms with Crippen molar-refractivity contribution in [2.45, 2.75) is 53.0 Å². The highest BCUT2D eigenvalue weighted by Gasteiger charge is 2.39. The van der Waals surface area contributed by atoms with E-state index in [9.17, 15) is 9.18 Å². The molecule has 1 fully saturated rings. The first-order valence-electron chi connectivity index (χ1n) is 7.20. The fraction of sp³-hybridized carbons (Fsp3) is 0.625. The largest absolute Gasteiger partial charge is 0.349 e. The Kier molecular flexibility index (Phi) is 4.29. The highest BCUT2D eigenvalue weighted by atomic mass is 35.5. The van der Waals surface area contributed by atoms with E-state index in [2.05, 4.69) is 38.0 Å². The third-order valence-corrected chi connectivity index (χ3v) is 4.24. The van der Waals surface area contributed by atoms with Crippen LogP contribution in [0.3, 0.4) is 0 Å². The molecule has 0 radical (unpaired) electrons. The monoisotopic (exact) mass is 312 g/mol. The first-order chi connectivity index (χ1) is 9.58. The van der Waals surface area contributed by atoms with Crippen molar-refractivity contribution < 1.29 is 9.18 Å². The lowest BCUT2D eigenvalue weighted by Gasteiger charge is -2.45. The Morgan fingerprint density at radius 3 is 2.48 bits per heavy atom. The highest BCUT2D eigenvalue weighted by molar-refractivity contribution is 6.32. The minimum Gasteiger partial charge on any atom is -0.349 e. The van der Waals surface area contributed by atoms with Crippen LogP contribution in [0, 0.1) is 16.6 Å². The molecule has 2 rings (SSSR count). The van der Waals surface area contributed by atoms with Gasteiger partial charge in [0.05, 0.1) is 11.8 Å². The van der Waals surface area contributed by atoms with Crippen LogP contribution in [0.4, 0.5) is 4.39 Å². The number of aromatic nitrogens is 1. The van der Waals surface area contributed by atoms with Crippen molar-refractivity contribution in [3.63, 3.8) is 0 Å². The molecule has 1 aliphatic rings. The molecule has 1 aromatic heterocycles. The molecule has 1 aliphatic carbocycles. The van der Waals surface area contributed by atoms with Gasteiger partial charge in [-0.25, -0.2) is 9.37 Å². The lowest BCUT2D eigenvalue weighted by atomic mass is 9.63. The minimum atomic E-state index is -0.561. The molecule has 3 nitrogen and oxygen atoms in total. The van der Waals surface area contributed by atoms with Crippen molar-refractivity contribution in [1.29, 1.82) is 0 Å². The molecular formula is C16H22ClFN2O. The molecule has 1 heterocycles. The van der Waals surface area contributed by atoms with E-state index in [1.54, 1.807) is 0 Å². The molecule has 0 spiro atoms. The van der Waals surface area contributed by atoms with Crippen LogP contribution in [-0.4, -0.2) is 16.9 Å². The van der Waals surface area contributed by atoms with Gasteiger partial charge in [0, 0.05) is 6.04 Å². The number of carbonyl (C=O) groups excluding carboxylic acids is 1. The SMILES string of the molecule is CC1(C)CC(NC(=O)c2cc(F)cnc2Cl)CC(C)(C)C1. The molecular weight excluding hydrogens is 291 g/mol. The van der Waals surface area contributed by atoms with Crippen molar-refractivity contribution in [3.8, 4) is 0 Å². The molecule has 0 unspecified atom stereocenters. The number of carbonyl (C=O) groups is 1. The smallest absolute Gasteiger partial charge is 0.254 e. The lowest BCUT2D eigenvalue weighted by Crippen LogP contribution is -2.46. The van der Waals surface area contributed by atoms with Crippen LogP contribution >= 0.6 is 11.6 Å². The molecule has 5 heteroatoms. The van der Waals surface area contributed by atoms with Gasteiger partial charge in [-0.1, -0.05) is 39.3 Å². The number of hydrogen-bond acceptors (Lipinski definition) is 2. The van der Waals surface area contributed by atoms with Crippen LogP contribution in [-0.2, 0) is 0 Å². The predicted molar refractivity (Wildman–Crippen MR) is 81.9 cm³/mol. The molecule has 1 saturated carbocycles. The van der Waals surface area contributed by atoms with Crippen LogP contribution in [0.5, 0.6) is 0 Å². The second kappa shape index (κ2) is 5.56. The van der Waals surface area contributed by atoms with E-state index in [0.717, 1.165) is 31.5 Å². The fourth-order valence-electron chi connectivity index (χ4n) is 3.79. The van der Waals surface area contributed by atoms with E-state index >= 15 is 0 Å². The van der Waals surface area contributed by atoms with Gasteiger partial charge in [-0.2, -0.15) is 0 Å². The summed E-state index contributed by atoms with van der Waals surface area (Å²) in [7, 11) is 0. The first kappa shape index (κ1) is 16.2. The normalized spacial score (nSPS) is 21.0. The summed E-state index contributed by atoms with van der Waals surface area (Å²) in [6.07, 6.45) is 3.94. The number of rotatable bonds is 2. The maximum Gasteiger partial charge on any atom is 0.254 e. The van der Waals surface area contributed by atoms with E-state index in [-0.39, 0.29) is 33.5 Å². The van der Waals surface area contributed by atoms with Gasteiger partial charge in [-0.3, -0.25) is 4.79 Å². The molecule has 1 aromatic rings. The van der Waals surface area contributed by atoms with Crippen molar-refractivity contribution in [2.24, 2.45) is 10.8 Å². The summed E-state index contributed by atoms with van der Waals surface area (Å²) in [5.74, 6) is -0.917. The van der Waals surface area contributed by atoms with E-state index in [0.29, 0.717) is 0 Å². The summed E-state index contributed by atoms with van der Waals surface area (Å²) < 4.78 is 13.2. The van der Waals surface area contributed by atoms with Crippen molar-refractivity contribution in [1.82, 2.24) is 10.3 Å². The number of amides is 1. The summed E-state index contributed by atoms with van der Waals surface area (Å²) in [5, 5.41) is 3.02. The third-order valence-electron chi connectivity index (χ3n) is 3.94. The third kappa shape index (κ3) is 4.16. The molecule has 0 aliphatic heterocycles. The summed E-state index contributed by atoms with van der Waals surface area (Å²) in [5.41, 5.74) is 0.436. The maximum atomic E-state index is 13.2. The zero-order chi connectivity index (χ0) is 15.8. The topological polar surface area (TPSA) is 42.0 Å².